The molecule has 5 rings (SSSR count). The van der Waals surface area contributed by atoms with Crippen molar-refractivity contribution in [1.29, 1.82) is 0 Å². The maximum absolute atomic E-state index is 12.4. The van der Waals surface area contributed by atoms with Crippen molar-refractivity contribution in [3.63, 3.8) is 0 Å². The first kappa shape index (κ1) is 18.9. The standard InChI is InChI=1S/C24H23N3O3/c1-13-17-8-7-16-20(23(29)30)26-22(27-21(16)24(17,2)11-9-19(13)28)15-10-12-25-18-6-4-3-5-14(15)18/h3-6,10,12-13,17H,7-9,11H2,1-2H3,(H,29,30)/t13-,17-,24-/m1/s1. The predicted molar refractivity (Wildman–Crippen MR) is 112 cm³/mol. The molecule has 30 heavy (non-hydrogen) atoms. The van der Waals surface area contributed by atoms with E-state index in [1.807, 2.05) is 37.3 Å². The molecular weight excluding hydrogens is 378 g/mol. The van der Waals surface area contributed by atoms with Gasteiger partial charge in [-0.15, -0.1) is 0 Å². The van der Waals surface area contributed by atoms with Crippen LogP contribution in [0.15, 0.2) is 36.5 Å². The summed E-state index contributed by atoms with van der Waals surface area (Å²) in [6, 6.07) is 9.55. The number of carboxylic acids is 1. The summed E-state index contributed by atoms with van der Waals surface area (Å²) in [6.45, 7) is 4.15. The van der Waals surface area contributed by atoms with Gasteiger partial charge in [-0.25, -0.2) is 14.8 Å². The number of hydrogen-bond acceptors (Lipinski definition) is 5. The van der Waals surface area contributed by atoms with E-state index in [-0.39, 0.29) is 22.9 Å². The highest BCUT2D eigenvalue weighted by Crippen LogP contribution is 2.51. The molecule has 6 heteroatoms. The third-order valence-electron chi connectivity index (χ3n) is 7.17. The van der Waals surface area contributed by atoms with Crippen LogP contribution in [-0.4, -0.2) is 31.8 Å². The lowest BCUT2D eigenvalue weighted by Gasteiger charge is -2.48. The first-order chi connectivity index (χ1) is 14.4. The summed E-state index contributed by atoms with van der Waals surface area (Å²) in [5.74, 6) is -0.185. The van der Waals surface area contributed by atoms with Gasteiger partial charge >= 0.3 is 5.97 Å². The summed E-state index contributed by atoms with van der Waals surface area (Å²) in [6.07, 6.45) is 4.28. The Hall–Kier alpha value is -3.15. The third-order valence-corrected chi connectivity index (χ3v) is 7.17. The van der Waals surface area contributed by atoms with Gasteiger partial charge in [-0.05, 0) is 37.3 Å². The first-order valence-electron chi connectivity index (χ1n) is 10.4. The number of Topliss-reactive ketones (excluding diaryl/α,β-unsaturated/α-hetero) is 1. The second kappa shape index (κ2) is 6.69. The summed E-state index contributed by atoms with van der Waals surface area (Å²) in [7, 11) is 0. The monoisotopic (exact) mass is 401 g/mol. The Morgan fingerprint density at radius 3 is 2.77 bits per heavy atom. The van der Waals surface area contributed by atoms with Gasteiger partial charge < -0.3 is 5.11 Å². The first-order valence-corrected chi connectivity index (χ1v) is 10.4. The molecule has 0 unspecified atom stereocenters. The van der Waals surface area contributed by atoms with Gasteiger partial charge in [-0.2, -0.15) is 0 Å². The van der Waals surface area contributed by atoms with Crippen molar-refractivity contribution in [1.82, 2.24) is 15.0 Å². The lowest BCUT2D eigenvalue weighted by Crippen LogP contribution is -2.47. The number of fused-ring (bicyclic) bond motifs is 4. The lowest BCUT2D eigenvalue weighted by molar-refractivity contribution is -0.128. The zero-order valence-corrected chi connectivity index (χ0v) is 17.1. The molecular formula is C24H23N3O3. The number of rotatable bonds is 2. The van der Waals surface area contributed by atoms with Crippen molar-refractivity contribution in [3.8, 4) is 11.4 Å². The molecule has 6 nitrogen and oxygen atoms in total. The Kier molecular flexibility index (Phi) is 4.20. The van der Waals surface area contributed by atoms with Crippen LogP contribution in [0.3, 0.4) is 0 Å². The molecule has 0 bridgehead atoms. The van der Waals surface area contributed by atoms with Gasteiger partial charge in [0.2, 0.25) is 0 Å². The molecule has 0 amide bonds. The Bertz CT molecular complexity index is 1200. The maximum atomic E-state index is 12.4. The van der Waals surface area contributed by atoms with Crippen molar-refractivity contribution < 1.29 is 14.7 Å². The van der Waals surface area contributed by atoms with Crippen LogP contribution < -0.4 is 0 Å². The summed E-state index contributed by atoms with van der Waals surface area (Å²) in [5, 5.41) is 10.8. The van der Waals surface area contributed by atoms with Crippen molar-refractivity contribution in [2.24, 2.45) is 11.8 Å². The van der Waals surface area contributed by atoms with Crippen LogP contribution in [0.4, 0.5) is 0 Å². The fourth-order valence-electron chi connectivity index (χ4n) is 5.52. The van der Waals surface area contributed by atoms with Crippen LogP contribution in [0.1, 0.15) is 54.9 Å². The largest absolute Gasteiger partial charge is 0.476 e. The minimum atomic E-state index is -1.03. The molecule has 2 aromatic heterocycles. The van der Waals surface area contributed by atoms with E-state index < -0.39 is 5.97 Å². The Morgan fingerprint density at radius 2 is 1.97 bits per heavy atom. The van der Waals surface area contributed by atoms with E-state index >= 15 is 0 Å². The molecule has 2 aliphatic carbocycles. The number of aromatic nitrogens is 3. The van der Waals surface area contributed by atoms with Crippen LogP contribution in [0.5, 0.6) is 0 Å². The van der Waals surface area contributed by atoms with Crippen LogP contribution in [-0.2, 0) is 16.6 Å². The average Bonchev–Trinajstić information content (AvgIpc) is 2.75. The number of ketones is 1. The minimum Gasteiger partial charge on any atom is -0.476 e. The van der Waals surface area contributed by atoms with Gasteiger partial charge in [0, 0.05) is 40.5 Å². The predicted octanol–water partition coefficient (Wildman–Crippen LogP) is 4.21. The SMILES string of the molecule is C[C@H]1C(=O)CC[C@@]2(C)c3nc(-c4ccnc5ccccc45)nc(C(=O)O)c3CC[C@H]12. The third kappa shape index (κ3) is 2.66. The van der Waals surface area contributed by atoms with Gasteiger partial charge in [0.15, 0.2) is 11.5 Å². The average molecular weight is 401 g/mol. The van der Waals surface area contributed by atoms with E-state index in [0.717, 1.165) is 34.1 Å². The number of nitrogens with zero attached hydrogens (tertiary/aromatic N) is 3. The number of carbonyl (C=O) groups is 2. The molecule has 1 N–H and O–H groups in total. The van der Waals surface area contributed by atoms with Crippen molar-refractivity contribution in [2.45, 2.75) is 44.9 Å². The smallest absolute Gasteiger partial charge is 0.354 e. The second-order valence-electron chi connectivity index (χ2n) is 8.72. The zero-order chi connectivity index (χ0) is 21.0. The molecule has 152 valence electrons. The van der Waals surface area contributed by atoms with Crippen molar-refractivity contribution in [3.05, 3.63) is 53.5 Å². The molecule has 1 fully saturated rings. The van der Waals surface area contributed by atoms with E-state index in [9.17, 15) is 14.7 Å². The lowest BCUT2D eigenvalue weighted by atomic mass is 9.56. The number of pyridine rings is 1. The second-order valence-corrected chi connectivity index (χ2v) is 8.72. The van der Waals surface area contributed by atoms with Gasteiger partial charge in [-0.1, -0.05) is 32.0 Å². The molecule has 1 saturated carbocycles. The number of carboxylic acid groups (broad SMARTS) is 1. The highest BCUT2D eigenvalue weighted by molar-refractivity contribution is 5.94. The number of aromatic carboxylic acids is 1. The summed E-state index contributed by atoms with van der Waals surface area (Å²) in [4.78, 5) is 38.4. The van der Waals surface area contributed by atoms with Crippen molar-refractivity contribution in [2.75, 3.05) is 0 Å². The zero-order valence-electron chi connectivity index (χ0n) is 17.1. The molecule has 0 saturated heterocycles. The highest BCUT2D eigenvalue weighted by atomic mass is 16.4. The number of hydrogen-bond donors (Lipinski definition) is 1. The fraction of sp³-hybridized carbons (Fsp3) is 0.375. The Balaban J connectivity index is 1.77. The minimum absolute atomic E-state index is 0.0367. The molecule has 0 spiro atoms. The van der Waals surface area contributed by atoms with Gasteiger partial charge in [0.1, 0.15) is 5.78 Å². The highest BCUT2D eigenvalue weighted by Gasteiger charge is 2.50. The fourth-order valence-corrected chi connectivity index (χ4v) is 5.52. The Morgan fingerprint density at radius 1 is 1.17 bits per heavy atom. The van der Waals surface area contributed by atoms with E-state index in [1.165, 1.54) is 0 Å². The maximum Gasteiger partial charge on any atom is 0.354 e. The van der Waals surface area contributed by atoms with Gasteiger partial charge in [0.25, 0.3) is 0 Å². The van der Waals surface area contributed by atoms with Crippen LogP contribution >= 0.6 is 0 Å². The van der Waals surface area contributed by atoms with Crippen LogP contribution in [0, 0.1) is 11.8 Å². The number of carbonyl (C=O) groups excluding carboxylic acids is 1. The molecule has 0 radical (unpaired) electrons. The van der Waals surface area contributed by atoms with E-state index in [1.54, 1.807) is 6.20 Å². The van der Waals surface area contributed by atoms with Crippen LogP contribution in [0.25, 0.3) is 22.3 Å². The summed E-state index contributed by atoms with van der Waals surface area (Å²) >= 11 is 0. The summed E-state index contributed by atoms with van der Waals surface area (Å²) in [5.41, 5.74) is 2.88. The molecule has 1 aromatic carbocycles. The van der Waals surface area contributed by atoms with E-state index in [2.05, 4.69) is 16.9 Å². The normalized spacial score (nSPS) is 25.6. The molecule has 3 aromatic rings. The van der Waals surface area contributed by atoms with Gasteiger partial charge in [-0.3, -0.25) is 9.78 Å². The van der Waals surface area contributed by atoms with E-state index in [4.69, 9.17) is 4.98 Å². The molecule has 2 heterocycles. The number of para-hydroxylation sites is 1. The summed E-state index contributed by atoms with van der Waals surface area (Å²) < 4.78 is 0. The molecule has 0 aliphatic heterocycles. The van der Waals surface area contributed by atoms with Crippen molar-refractivity contribution >= 4 is 22.7 Å². The van der Waals surface area contributed by atoms with E-state index in [0.29, 0.717) is 30.9 Å². The Labute approximate surface area is 174 Å². The van der Waals surface area contributed by atoms with Crippen LogP contribution in [0.2, 0.25) is 0 Å². The molecule has 3 atom stereocenters. The quantitative estimate of drug-likeness (QED) is 0.691. The topological polar surface area (TPSA) is 93.0 Å². The molecule has 2 aliphatic rings. The van der Waals surface area contributed by atoms with Gasteiger partial charge in [0.05, 0.1) is 11.2 Å². The number of benzene rings is 1.